The minimum Gasteiger partial charge on any atom is -0.349 e. The van der Waals surface area contributed by atoms with E-state index in [2.05, 4.69) is 101 Å². The zero-order valence-corrected chi connectivity index (χ0v) is 24.8. The number of aromatic nitrogens is 4. The van der Waals surface area contributed by atoms with Gasteiger partial charge in [-0.15, -0.1) is 0 Å². The summed E-state index contributed by atoms with van der Waals surface area (Å²) in [5, 5.41) is 4.10. The SMILES string of the molecule is CC(C)(C)n1cccc1.CC(C)(C)n1cccn1.CC(C)N1CCCCC1.CC(C)c1ccccn1. The van der Waals surface area contributed by atoms with Crippen molar-refractivity contribution in [1.29, 1.82) is 0 Å². The van der Waals surface area contributed by atoms with Crippen molar-refractivity contribution in [3.05, 3.63) is 73.1 Å². The van der Waals surface area contributed by atoms with Gasteiger partial charge in [0.1, 0.15) is 0 Å². The summed E-state index contributed by atoms with van der Waals surface area (Å²) in [6.45, 7) is 24.4. The predicted octanol–water partition coefficient (Wildman–Crippen LogP) is 7.97. The van der Waals surface area contributed by atoms with E-state index in [-0.39, 0.29) is 11.1 Å². The Labute approximate surface area is 221 Å². The largest absolute Gasteiger partial charge is 0.349 e. The first kappa shape index (κ1) is 31.6. The highest BCUT2D eigenvalue weighted by Crippen LogP contribution is 2.13. The molecule has 36 heavy (non-hydrogen) atoms. The molecule has 0 radical (unpaired) electrons. The first-order valence-corrected chi connectivity index (χ1v) is 13.6. The molecule has 0 amide bonds. The fourth-order valence-electron chi connectivity index (χ4n) is 3.60. The lowest BCUT2D eigenvalue weighted by molar-refractivity contribution is 0.185. The van der Waals surface area contributed by atoms with Crippen molar-refractivity contribution in [2.45, 2.75) is 112 Å². The second kappa shape index (κ2) is 15.7. The topological polar surface area (TPSA) is 38.9 Å². The zero-order chi connectivity index (χ0) is 27.2. The van der Waals surface area contributed by atoms with Crippen LogP contribution >= 0.6 is 0 Å². The molecule has 0 aliphatic carbocycles. The Kier molecular flexibility index (Phi) is 13.8. The van der Waals surface area contributed by atoms with Gasteiger partial charge in [-0.05, 0) is 118 Å². The van der Waals surface area contributed by atoms with Crippen LogP contribution in [0.4, 0.5) is 0 Å². The highest BCUT2D eigenvalue weighted by molar-refractivity contribution is 5.06. The standard InChI is InChI=1S/C8H13N.C8H17N.C8H11N.C7H12N2/c1-8(2,3)9-6-4-5-7-9;1-8(2)9-6-4-3-5-7-9;1-7(2)8-5-3-4-6-9-8;1-7(2,3)9-6-4-5-8-9/h4-7H,1-3H3;8H,3-7H2,1-2H3;3-7H,1-2H3;4-6H,1-3H3. The molecule has 1 aliphatic heterocycles. The average molecular weight is 496 g/mol. The normalized spacial score (nSPS) is 14.2. The molecule has 0 N–H and O–H groups in total. The molecule has 0 bridgehead atoms. The molecule has 0 spiro atoms. The van der Waals surface area contributed by atoms with Crippen LogP contribution in [-0.4, -0.2) is 43.4 Å². The van der Waals surface area contributed by atoms with Gasteiger partial charge < -0.3 is 9.47 Å². The highest BCUT2D eigenvalue weighted by Gasteiger charge is 2.12. The molecular formula is C31H53N5. The summed E-state index contributed by atoms with van der Waals surface area (Å²) in [4.78, 5) is 6.74. The molecule has 0 aromatic carbocycles. The fourth-order valence-corrected chi connectivity index (χ4v) is 3.60. The van der Waals surface area contributed by atoms with E-state index in [4.69, 9.17) is 0 Å². The lowest BCUT2D eigenvalue weighted by Crippen LogP contribution is -2.35. The van der Waals surface area contributed by atoms with Gasteiger partial charge in [0.05, 0.1) is 5.54 Å². The van der Waals surface area contributed by atoms with E-state index in [1.165, 1.54) is 32.4 Å². The van der Waals surface area contributed by atoms with E-state index in [1.807, 2.05) is 53.5 Å². The summed E-state index contributed by atoms with van der Waals surface area (Å²) in [6.07, 6.45) is 14.0. The van der Waals surface area contributed by atoms with Crippen molar-refractivity contribution in [3.63, 3.8) is 0 Å². The van der Waals surface area contributed by atoms with Gasteiger partial charge in [0.25, 0.3) is 0 Å². The first-order chi connectivity index (χ1) is 16.8. The van der Waals surface area contributed by atoms with Gasteiger partial charge in [-0.25, -0.2) is 0 Å². The second-order valence-electron chi connectivity index (χ2n) is 12.0. The molecule has 3 aromatic heterocycles. The maximum atomic E-state index is 4.18. The Morgan fingerprint density at radius 2 is 1.31 bits per heavy atom. The van der Waals surface area contributed by atoms with Gasteiger partial charge in [0.2, 0.25) is 0 Å². The summed E-state index contributed by atoms with van der Waals surface area (Å²) in [7, 11) is 0. The molecule has 1 saturated heterocycles. The zero-order valence-electron chi connectivity index (χ0n) is 24.8. The number of hydrogen-bond donors (Lipinski definition) is 0. The quantitative estimate of drug-likeness (QED) is 0.362. The third-order valence-electron chi connectivity index (χ3n) is 5.97. The van der Waals surface area contributed by atoms with Gasteiger partial charge in [0.15, 0.2) is 0 Å². The minimum absolute atomic E-state index is 0.128. The van der Waals surface area contributed by atoms with E-state index in [0.717, 1.165) is 11.7 Å². The van der Waals surface area contributed by atoms with Crippen LogP contribution in [0, 0.1) is 0 Å². The van der Waals surface area contributed by atoms with Crippen molar-refractivity contribution >= 4 is 0 Å². The summed E-state index contributed by atoms with van der Waals surface area (Å²) < 4.78 is 4.12. The molecule has 5 heteroatoms. The number of pyridine rings is 1. The molecule has 0 saturated carbocycles. The summed E-state index contributed by atoms with van der Waals surface area (Å²) in [5.41, 5.74) is 1.53. The van der Waals surface area contributed by atoms with Crippen LogP contribution in [0.3, 0.4) is 0 Å². The van der Waals surface area contributed by atoms with Gasteiger partial charge in [-0.1, -0.05) is 26.3 Å². The van der Waals surface area contributed by atoms with Crippen LogP contribution < -0.4 is 0 Å². The number of piperidine rings is 1. The lowest BCUT2D eigenvalue weighted by Gasteiger charge is -2.29. The molecule has 5 nitrogen and oxygen atoms in total. The van der Waals surface area contributed by atoms with Crippen LogP contribution in [0.5, 0.6) is 0 Å². The van der Waals surface area contributed by atoms with Gasteiger partial charge in [0, 0.05) is 48.3 Å². The van der Waals surface area contributed by atoms with Crippen LogP contribution in [0.25, 0.3) is 0 Å². The van der Waals surface area contributed by atoms with Gasteiger partial charge >= 0.3 is 0 Å². The van der Waals surface area contributed by atoms with E-state index in [1.54, 1.807) is 6.20 Å². The van der Waals surface area contributed by atoms with Crippen LogP contribution in [0.1, 0.15) is 100 Å². The molecule has 4 heterocycles. The van der Waals surface area contributed by atoms with E-state index in [0.29, 0.717) is 5.92 Å². The Hall–Kier alpha value is -2.40. The van der Waals surface area contributed by atoms with Gasteiger partial charge in [-0.3, -0.25) is 9.67 Å². The Bertz CT molecular complexity index is 833. The maximum absolute atomic E-state index is 4.18. The van der Waals surface area contributed by atoms with E-state index >= 15 is 0 Å². The third kappa shape index (κ3) is 13.1. The predicted molar refractivity (Wildman–Crippen MR) is 156 cm³/mol. The van der Waals surface area contributed by atoms with E-state index < -0.39 is 0 Å². The smallest absolute Gasteiger partial charge is 0.0543 e. The summed E-state index contributed by atoms with van der Waals surface area (Å²) in [6, 6.07) is 12.8. The molecule has 1 aliphatic rings. The molecular weight excluding hydrogens is 442 g/mol. The van der Waals surface area contributed by atoms with Crippen molar-refractivity contribution < 1.29 is 0 Å². The molecule has 0 unspecified atom stereocenters. The third-order valence-corrected chi connectivity index (χ3v) is 5.97. The minimum atomic E-state index is 0.128. The molecule has 3 aromatic rings. The monoisotopic (exact) mass is 495 g/mol. The molecule has 0 atom stereocenters. The average Bonchev–Trinajstić information content (AvgIpc) is 3.56. The summed E-state index contributed by atoms with van der Waals surface area (Å²) >= 11 is 0. The Balaban J connectivity index is 0.000000240. The second-order valence-corrected chi connectivity index (χ2v) is 12.0. The first-order valence-electron chi connectivity index (χ1n) is 13.6. The highest BCUT2D eigenvalue weighted by atomic mass is 15.3. The fraction of sp³-hybridized carbons (Fsp3) is 0.613. The number of nitrogens with zero attached hydrogens (tertiary/aromatic N) is 5. The maximum Gasteiger partial charge on any atom is 0.0543 e. The van der Waals surface area contributed by atoms with Crippen LogP contribution in [-0.2, 0) is 11.1 Å². The number of rotatable bonds is 2. The molecule has 4 rings (SSSR count). The van der Waals surface area contributed by atoms with Crippen molar-refractivity contribution in [2.24, 2.45) is 0 Å². The Morgan fingerprint density at radius 3 is 1.58 bits per heavy atom. The lowest BCUT2D eigenvalue weighted by atomic mass is 10.1. The van der Waals surface area contributed by atoms with Crippen molar-refractivity contribution in [3.8, 4) is 0 Å². The van der Waals surface area contributed by atoms with E-state index in [9.17, 15) is 0 Å². The van der Waals surface area contributed by atoms with Crippen LogP contribution in [0.15, 0.2) is 67.4 Å². The van der Waals surface area contributed by atoms with Crippen LogP contribution in [0.2, 0.25) is 0 Å². The Morgan fingerprint density at radius 1 is 0.694 bits per heavy atom. The molecule has 202 valence electrons. The van der Waals surface area contributed by atoms with Crippen molar-refractivity contribution in [2.75, 3.05) is 13.1 Å². The number of hydrogen-bond acceptors (Lipinski definition) is 3. The van der Waals surface area contributed by atoms with Gasteiger partial charge in [-0.2, -0.15) is 5.10 Å². The molecule has 1 fully saturated rings. The number of likely N-dealkylation sites (tertiary alicyclic amines) is 1. The van der Waals surface area contributed by atoms with Crippen molar-refractivity contribution in [1.82, 2.24) is 24.2 Å². The summed E-state index contributed by atoms with van der Waals surface area (Å²) in [5.74, 6) is 0.547.